The first-order chi connectivity index (χ1) is 15.1. The first-order valence-corrected chi connectivity index (χ1v) is 11.1. The van der Waals surface area contributed by atoms with Crippen molar-refractivity contribution < 1.29 is 14.3 Å². The number of amides is 1. The molecule has 0 spiro atoms. The van der Waals surface area contributed by atoms with Crippen molar-refractivity contribution in [1.29, 1.82) is 0 Å². The van der Waals surface area contributed by atoms with Gasteiger partial charge in [-0.05, 0) is 61.9 Å². The van der Waals surface area contributed by atoms with Crippen LogP contribution in [0.5, 0.6) is 5.75 Å². The summed E-state index contributed by atoms with van der Waals surface area (Å²) in [6.45, 7) is 2.84. The van der Waals surface area contributed by atoms with Gasteiger partial charge in [0.1, 0.15) is 5.75 Å². The molecule has 1 aliphatic rings. The Balaban J connectivity index is 1.27. The fourth-order valence-electron chi connectivity index (χ4n) is 3.47. The Morgan fingerprint density at radius 2 is 1.52 bits per heavy atom. The molecule has 4 rings (SSSR count). The maximum Gasteiger partial charge on any atom is 0.257 e. The van der Waals surface area contributed by atoms with Gasteiger partial charge in [-0.3, -0.25) is 9.59 Å². The molecule has 0 bridgehead atoms. The minimum absolute atomic E-state index is 0.00170. The Morgan fingerprint density at radius 1 is 0.903 bits per heavy atom. The number of nitrogens with one attached hydrogen (secondary N) is 1. The largest absolute Gasteiger partial charge is 0.484 e. The van der Waals surface area contributed by atoms with E-state index in [1.165, 1.54) is 28.1 Å². The Kier molecular flexibility index (Phi) is 6.57. The lowest BCUT2D eigenvalue weighted by Crippen LogP contribution is -2.32. The molecule has 3 aromatic carbocycles. The zero-order chi connectivity index (χ0) is 21.6. The average Bonchev–Trinajstić information content (AvgIpc) is 2.80. The van der Waals surface area contributed by atoms with Crippen molar-refractivity contribution in [3.8, 4) is 5.75 Å². The zero-order valence-electron chi connectivity index (χ0n) is 17.3. The molecule has 0 atom stereocenters. The molecule has 1 N–H and O–H groups in total. The number of ketones is 1. The average molecular weight is 433 g/mol. The summed E-state index contributed by atoms with van der Waals surface area (Å²) in [6.07, 6.45) is 0.812. The Morgan fingerprint density at radius 3 is 2.13 bits per heavy atom. The molecule has 0 saturated heterocycles. The summed E-state index contributed by atoms with van der Waals surface area (Å²) in [7, 11) is 0. The Bertz CT molecular complexity index is 1040. The third kappa shape index (κ3) is 5.09. The quantitative estimate of drug-likeness (QED) is 0.397. The fraction of sp³-hybridized carbons (Fsp3) is 0.200. The van der Waals surface area contributed by atoms with Crippen LogP contribution < -0.4 is 15.0 Å². The van der Waals surface area contributed by atoms with Crippen molar-refractivity contribution in [3.63, 3.8) is 0 Å². The van der Waals surface area contributed by atoms with Gasteiger partial charge in [0, 0.05) is 28.4 Å². The number of hydrogen-bond acceptors (Lipinski definition) is 5. The van der Waals surface area contributed by atoms with Gasteiger partial charge in [-0.2, -0.15) is 0 Å². The van der Waals surface area contributed by atoms with E-state index < -0.39 is 0 Å². The highest BCUT2D eigenvalue weighted by molar-refractivity contribution is 7.99. The number of benzene rings is 3. The van der Waals surface area contributed by atoms with Crippen LogP contribution in [0.15, 0.2) is 82.6 Å². The van der Waals surface area contributed by atoms with Crippen LogP contribution in [-0.2, 0) is 4.79 Å². The lowest BCUT2D eigenvalue weighted by molar-refractivity contribution is -0.123. The molecule has 1 heterocycles. The summed E-state index contributed by atoms with van der Waals surface area (Å²) < 4.78 is 5.51. The number of Topliss-reactive ketones (excluding diaryl/α,β-unsaturated/α-hetero) is 1. The fourth-order valence-corrected chi connectivity index (χ4v) is 4.57. The molecule has 31 heavy (non-hydrogen) atoms. The maximum atomic E-state index is 12.1. The van der Waals surface area contributed by atoms with E-state index in [9.17, 15) is 9.59 Å². The summed E-state index contributed by atoms with van der Waals surface area (Å²) in [5.41, 5.74) is 3.03. The van der Waals surface area contributed by atoms with Crippen LogP contribution >= 0.6 is 11.8 Å². The van der Waals surface area contributed by atoms with Gasteiger partial charge < -0.3 is 15.0 Å². The van der Waals surface area contributed by atoms with Crippen molar-refractivity contribution >= 4 is 34.8 Å². The van der Waals surface area contributed by atoms with E-state index in [0.717, 1.165) is 13.0 Å². The number of rotatable bonds is 8. The molecule has 1 aliphatic heterocycles. The van der Waals surface area contributed by atoms with Crippen LogP contribution in [0.2, 0.25) is 0 Å². The lowest BCUT2D eigenvalue weighted by atomic mass is 10.1. The van der Waals surface area contributed by atoms with Gasteiger partial charge in [0.15, 0.2) is 12.4 Å². The van der Waals surface area contributed by atoms with E-state index in [0.29, 0.717) is 17.9 Å². The van der Waals surface area contributed by atoms with E-state index in [4.69, 9.17) is 4.74 Å². The number of fused-ring (bicyclic) bond motifs is 2. The van der Waals surface area contributed by atoms with Crippen LogP contribution in [0.3, 0.4) is 0 Å². The van der Waals surface area contributed by atoms with Gasteiger partial charge in [0.05, 0.1) is 11.4 Å². The van der Waals surface area contributed by atoms with Crippen molar-refractivity contribution in [1.82, 2.24) is 5.32 Å². The number of carbonyl (C=O) groups is 2. The Hall–Kier alpha value is -3.25. The summed E-state index contributed by atoms with van der Waals surface area (Å²) in [5.74, 6) is 0.409. The molecule has 3 aromatic rings. The molecule has 0 aliphatic carbocycles. The molecular weight excluding hydrogens is 408 g/mol. The second-order valence-corrected chi connectivity index (χ2v) is 8.35. The number of ether oxygens (including phenoxy) is 1. The lowest BCUT2D eigenvalue weighted by Gasteiger charge is -2.32. The van der Waals surface area contributed by atoms with Crippen molar-refractivity contribution in [3.05, 3.63) is 78.4 Å². The van der Waals surface area contributed by atoms with Crippen LogP contribution in [0.1, 0.15) is 23.7 Å². The molecule has 6 heteroatoms. The van der Waals surface area contributed by atoms with Crippen LogP contribution in [0.4, 0.5) is 11.4 Å². The smallest absolute Gasteiger partial charge is 0.257 e. The molecule has 0 saturated carbocycles. The minimum atomic E-state index is -0.161. The van der Waals surface area contributed by atoms with Gasteiger partial charge >= 0.3 is 0 Å². The minimum Gasteiger partial charge on any atom is -0.484 e. The summed E-state index contributed by atoms with van der Waals surface area (Å²) in [4.78, 5) is 28.3. The van der Waals surface area contributed by atoms with E-state index >= 15 is 0 Å². The highest BCUT2D eigenvalue weighted by atomic mass is 32.2. The van der Waals surface area contributed by atoms with Crippen LogP contribution in [-0.4, -0.2) is 31.4 Å². The van der Waals surface area contributed by atoms with Gasteiger partial charge in [-0.1, -0.05) is 36.0 Å². The van der Waals surface area contributed by atoms with Crippen molar-refractivity contribution in [2.45, 2.75) is 23.1 Å². The van der Waals surface area contributed by atoms with E-state index in [-0.39, 0.29) is 18.3 Å². The topological polar surface area (TPSA) is 58.6 Å². The van der Waals surface area contributed by atoms with Gasteiger partial charge in [0.2, 0.25) is 0 Å². The second kappa shape index (κ2) is 9.71. The number of anilines is 2. The van der Waals surface area contributed by atoms with Crippen molar-refractivity contribution in [2.24, 2.45) is 0 Å². The van der Waals surface area contributed by atoms with Crippen molar-refractivity contribution in [2.75, 3.05) is 24.6 Å². The highest BCUT2D eigenvalue weighted by Crippen LogP contribution is 2.47. The molecular formula is C25H24N2O3S. The predicted molar refractivity (Wildman–Crippen MR) is 124 cm³/mol. The third-order valence-electron chi connectivity index (χ3n) is 5.04. The zero-order valence-corrected chi connectivity index (χ0v) is 18.2. The molecule has 158 valence electrons. The number of nitrogens with zero attached hydrogens (tertiary/aromatic N) is 1. The van der Waals surface area contributed by atoms with E-state index in [1.54, 1.807) is 36.0 Å². The normalized spacial score (nSPS) is 12.0. The number of para-hydroxylation sites is 2. The van der Waals surface area contributed by atoms with E-state index in [2.05, 4.69) is 58.7 Å². The first kappa shape index (κ1) is 21.0. The third-order valence-corrected chi connectivity index (χ3v) is 6.17. The predicted octanol–water partition coefficient (Wildman–Crippen LogP) is 5.08. The monoisotopic (exact) mass is 432 g/mol. The second-order valence-electron chi connectivity index (χ2n) is 7.26. The molecule has 5 nitrogen and oxygen atoms in total. The summed E-state index contributed by atoms with van der Waals surface area (Å²) in [5, 5.41) is 2.92. The van der Waals surface area contributed by atoms with E-state index in [1.807, 2.05) is 0 Å². The van der Waals surface area contributed by atoms with Crippen LogP contribution in [0, 0.1) is 0 Å². The highest BCUT2D eigenvalue weighted by Gasteiger charge is 2.22. The standard InChI is InChI=1S/C25H24N2O3S/c1-18(28)19-11-13-20(14-12-19)30-17-25(29)26-15-6-16-27-21-7-2-4-9-23(21)31-24-10-5-3-8-22(24)27/h2-5,7-14H,6,15-17H2,1H3,(H,26,29). The van der Waals surface area contributed by atoms with Gasteiger partial charge in [-0.15, -0.1) is 0 Å². The van der Waals surface area contributed by atoms with Gasteiger partial charge in [0.25, 0.3) is 5.91 Å². The molecule has 1 amide bonds. The van der Waals surface area contributed by atoms with Crippen LogP contribution in [0.25, 0.3) is 0 Å². The molecule has 0 unspecified atom stereocenters. The molecule has 0 radical (unpaired) electrons. The molecule has 0 aromatic heterocycles. The SMILES string of the molecule is CC(=O)c1ccc(OCC(=O)NCCCN2c3ccccc3Sc3ccccc32)cc1. The summed E-state index contributed by atoms with van der Waals surface area (Å²) in [6, 6.07) is 23.6. The maximum absolute atomic E-state index is 12.1. The van der Waals surface area contributed by atoms with Gasteiger partial charge in [-0.25, -0.2) is 0 Å². The number of carbonyl (C=O) groups excluding carboxylic acids is 2. The summed E-state index contributed by atoms with van der Waals surface area (Å²) >= 11 is 1.79. The number of hydrogen-bond donors (Lipinski definition) is 1. The Labute approximate surface area is 186 Å². The molecule has 0 fully saturated rings. The first-order valence-electron chi connectivity index (χ1n) is 10.3.